The number of likely N-dealkylation sites (N-methyl/N-ethyl adjacent to an activating group) is 1. The normalized spacial score (nSPS) is 16.2. The van der Waals surface area contributed by atoms with E-state index in [1.54, 1.807) is 36.2 Å². The predicted octanol–water partition coefficient (Wildman–Crippen LogP) is 2.84. The molecule has 0 radical (unpaired) electrons. The molecule has 0 fully saturated rings. The summed E-state index contributed by atoms with van der Waals surface area (Å²) in [5.74, 6) is -2.36. The maximum atomic E-state index is 13.7. The highest BCUT2D eigenvalue weighted by Gasteiger charge is 2.29. The van der Waals surface area contributed by atoms with Crippen LogP contribution in [0.3, 0.4) is 0 Å². The van der Waals surface area contributed by atoms with Gasteiger partial charge in [0.2, 0.25) is 23.6 Å². The molecule has 2 aromatic rings. The average molecular weight is 709 g/mol. The van der Waals surface area contributed by atoms with Crippen LogP contribution in [0.2, 0.25) is 0 Å². The first kappa shape index (κ1) is 40.9. The van der Waals surface area contributed by atoms with Gasteiger partial charge in [0.15, 0.2) is 0 Å². The van der Waals surface area contributed by atoms with Gasteiger partial charge in [-0.1, -0.05) is 64.0 Å². The van der Waals surface area contributed by atoms with Crippen LogP contribution in [0.1, 0.15) is 88.8 Å². The third-order valence-electron chi connectivity index (χ3n) is 8.93. The van der Waals surface area contributed by atoms with Crippen LogP contribution < -0.4 is 26.6 Å². The number of benzene rings is 2. The van der Waals surface area contributed by atoms with Crippen molar-refractivity contribution < 1.29 is 34.2 Å². The molecule has 3 rings (SSSR count). The largest absolute Gasteiger partial charge is 0.507 e. The first-order valence-corrected chi connectivity index (χ1v) is 18.2. The number of ketones is 1. The van der Waals surface area contributed by atoms with Gasteiger partial charge in [-0.15, -0.1) is 0 Å². The number of carbonyl (C=O) groups is 5. The highest BCUT2D eigenvalue weighted by atomic mass is 16.3. The zero-order chi connectivity index (χ0) is 37.2. The van der Waals surface area contributed by atoms with Crippen LogP contribution in [-0.2, 0) is 30.4 Å². The van der Waals surface area contributed by atoms with Crippen LogP contribution in [0, 0.1) is 0 Å². The topological polar surface area (TPSA) is 189 Å². The molecule has 4 bridgehead atoms. The molecule has 13 nitrogen and oxygen atoms in total. The Labute approximate surface area is 301 Å². The first-order chi connectivity index (χ1) is 24.5. The van der Waals surface area contributed by atoms with Gasteiger partial charge in [-0.3, -0.25) is 28.9 Å². The summed E-state index contributed by atoms with van der Waals surface area (Å²) >= 11 is 0. The van der Waals surface area contributed by atoms with Crippen molar-refractivity contribution >= 4 is 29.4 Å². The number of nitrogens with one attached hydrogen (secondary N) is 5. The molecule has 1 heterocycles. The molecule has 4 amide bonds. The second-order valence-electron chi connectivity index (χ2n) is 13.3. The van der Waals surface area contributed by atoms with Crippen molar-refractivity contribution in [2.45, 2.75) is 90.1 Å². The number of rotatable bonds is 19. The summed E-state index contributed by atoms with van der Waals surface area (Å²) in [6.45, 7) is 4.92. The Hall–Kier alpha value is -4.49. The number of phenols is 2. The molecular weight excluding hydrogens is 652 g/mol. The van der Waals surface area contributed by atoms with Crippen LogP contribution in [0.4, 0.5) is 0 Å². The summed E-state index contributed by atoms with van der Waals surface area (Å²) in [5, 5.41) is 35.7. The average Bonchev–Trinajstić information content (AvgIpc) is 3.09. The minimum absolute atomic E-state index is 0.0174. The monoisotopic (exact) mass is 708 g/mol. The Morgan fingerprint density at radius 2 is 1.53 bits per heavy atom. The Bertz CT molecular complexity index is 1480. The maximum Gasteiger partial charge on any atom is 0.243 e. The first-order valence-electron chi connectivity index (χ1n) is 18.2. The molecule has 2 unspecified atom stereocenters. The fraction of sp³-hybridized carbons (Fsp3) is 0.553. The lowest BCUT2D eigenvalue weighted by atomic mass is 9.94. The van der Waals surface area contributed by atoms with E-state index in [1.165, 1.54) is 64.0 Å². The molecule has 13 heteroatoms. The van der Waals surface area contributed by atoms with Gasteiger partial charge in [0.25, 0.3) is 0 Å². The van der Waals surface area contributed by atoms with Gasteiger partial charge < -0.3 is 36.8 Å². The molecule has 280 valence electrons. The molecule has 0 spiro atoms. The number of Topliss-reactive ketones (excluding diaryl/α,β-unsaturated/α-hetero) is 1. The van der Waals surface area contributed by atoms with E-state index in [-0.39, 0.29) is 60.4 Å². The second kappa shape index (κ2) is 21.7. The number of carbonyl (C=O) groups excluding carboxylic acids is 5. The molecule has 7 N–H and O–H groups in total. The standard InChI is InChI=1S/C38H56N6O7/c1-4-5-6-7-8-9-10-11-17-39-18-16-34(48)40-19-20-44(3)36-28-13-15-33(47)30(23-28)29-21-27(12-14-32(29)46)22-31(37(50)41-24-26(2)45)43-35(49)25-42-38(36)51/h12-15,21,23,31,36,39,46-47H,4-11,16-20,22,24-25H2,1-3H3,(H,40,48)(H,41,50)(H,42,51)(H,43,49). The van der Waals surface area contributed by atoms with Gasteiger partial charge in [-0.25, -0.2) is 0 Å². The zero-order valence-corrected chi connectivity index (χ0v) is 30.3. The van der Waals surface area contributed by atoms with Crippen molar-refractivity contribution in [3.63, 3.8) is 0 Å². The van der Waals surface area contributed by atoms with Crippen molar-refractivity contribution in [2.24, 2.45) is 0 Å². The fourth-order valence-corrected chi connectivity index (χ4v) is 6.06. The third kappa shape index (κ3) is 14.0. The van der Waals surface area contributed by atoms with E-state index >= 15 is 0 Å². The second-order valence-corrected chi connectivity index (χ2v) is 13.3. The molecule has 2 atom stereocenters. The van der Waals surface area contributed by atoms with Gasteiger partial charge in [0, 0.05) is 43.6 Å². The van der Waals surface area contributed by atoms with Crippen LogP contribution in [0.25, 0.3) is 11.1 Å². The fourth-order valence-electron chi connectivity index (χ4n) is 6.06. The highest BCUT2D eigenvalue weighted by Crippen LogP contribution is 2.38. The molecule has 1 aliphatic heterocycles. The molecule has 0 saturated heterocycles. The van der Waals surface area contributed by atoms with Gasteiger partial charge in [-0.2, -0.15) is 0 Å². The number of fused-ring (bicyclic) bond motifs is 5. The van der Waals surface area contributed by atoms with Crippen molar-refractivity contribution in [2.75, 3.05) is 46.3 Å². The maximum absolute atomic E-state index is 13.7. The minimum atomic E-state index is -1.09. The lowest BCUT2D eigenvalue weighted by molar-refractivity contribution is -0.131. The summed E-state index contributed by atoms with van der Waals surface area (Å²) in [4.78, 5) is 65.3. The Morgan fingerprint density at radius 3 is 2.24 bits per heavy atom. The van der Waals surface area contributed by atoms with Crippen molar-refractivity contribution in [3.05, 3.63) is 47.5 Å². The van der Waals surface area contributed by atoms with Crippen LogP contribution in [-0.4, -0.2) is 96.9 Å². The van der Waals surface area contributed by atoms with Crippen molar-refractivity contribution in [1.29, 1.82) is 0 Å². The molecule has 51 heavy (non-hydrogen) atoms. The summed E-state index contributed by atoms with van der Waals surface area (Å²) in [6.07, 6.45) is 10.3. The van der Waals surface area contributed by atoms with E-state index in [4.69, 9.17) is 0 Å². The minimum Gasteiger partial charge on any atom is -0.507 e. The van der Waals surface area contributed by atoms with Gasteiger partial charge in [0.05, 0.1) is 13.1 Å². The summed E-state index contributed by atoms with van der Waals surface area (Å²) < 4.78 is 0. The lowest BCUT2D eigenvalue weighted by Gasteiger charge is -2.28. The number of hydrogen-bond donors (Lipinski definition) is 7. The molecule has 2 aromatic carbocycles. The Kier molecular flexibility index (Phi) is 17.4. The molecule has 0 aromatic heterocycles. The van der Waals surface area contributed by atoms with E-state index in [1.807, 2.05) is 0 Å². The SMILES string of the molecule is CCCCCCCCCCNCCC(=O)NCCN(C)C1C(=O)NCC(=O)NC(C(=O)NCC(C)=O)Cc2ccc(O)c(c2)-c2cc1ccc2O. The summed E-state index contributed by atoms with van der Waals surface area (Å²) in [5.41, 5.74) is 1.60. The van der Waals surface area contributed by atoms with E-state index in [2.05, 4.69) is 33.5 Å². The highest BCUT2D eigenvalue weighted by molar-refractivity contribution is 5.93. The molecular formula is C38H56N6O7. The van der Waals surface area contributed by atoms with Gasteiger partial charge >= 0.3 is 0 Å². The number of unbranched alkanes of at least 4 members (excludes halogenated alkanes) is 7. The van der Waals surface area contributed by atoms with Crippen LogP contribution in [0.5, 0.6) is 11.5 Å². The van der Waals surface area contributed by atoms with Crippen LogP contribution in [0.15, 0.2) is 36.4 Å². The number of phenolic OH excluding ortho intramolecular Hbond substituents is 2. The van der Waals surface area contributed by atoms with Gasteiger partial charge in [0.1, 0.15) is 29.4 Å². The van der Waals surface area contributed by atoms with E-state index in [0.29, 0.717) is 24.1 Å². The summed E-state index contributed by atoms with van der Waals surface area (Å²) in [6, 6.07) is 7.25. The molecule has 1 aliphatic rings. The van der Waals surface area contributed by atoms with E-state index in [0.717, 1.165) is 13.0 Å². The number of nitrogens with zero attached hydrogens (tertiary/aromatic N) is 1. The predicted molar refractivity (Wildman–Crippen MR) is 196 cm³/mol. The van der Waals surface area contributed by atoms with Crippen molar-refractivity contribution in [3.8, 4) is 22.6 Å². The third-order valence-corrected chi connectivity index (χ3v) is 8.93. The van der Waals surface area contributed by atoms with Crippen molar-refractivity contribution in [1.82, 2.24) is 31.5 Å². The lowest BCUT2D eigenvalue weighted by Crippen LogP contribution is -2.52. The smallest absolute Gasteiger partial charge is 0.243 e. The van der Waals surface area contributed by atoms with Gasteiger partial charge in [-0.05, 0) is 62.3 Å². The number of hydrogen-bond acceptors (Lipinski definition) is 9. The van der Waals surface area contributed by atoms with Crippen LogP contribution >= 0.6 is 0 Å². The molecule has 0 aliphatic carbocycles. The number of aromatic hydroxyl groups is 2. The number of amides is 4. The zero-order valence-electron chi connectivity index (χ0n) is 30.3. The Morgan fingerprint density at radius 1 is 0.863 bits per heavy atom. The quantitative estimate of drug-likeness (QED) is 0.108. The van der Waals surface area contributed by atoms with E-state index in [9.17, 15) is 34.2 Å². The Balaban J connectivity index is 1.66. The molecule has 0 saturated carbocycles. The summed E-state index contributed by atoms with van der Waals surface area (Å²) in [7, 11) is 1.71. The van der Waals surface area contributed by atoms with E-state index < -0.39 is 36.3 Å².